The maximum Gasteiger partial charge on any atom is 0.324 e. The van der Waals surface area contributed by atoms with Gasteiger partial charge < -0.3 is 15.5 Å². The molecule has 1 aliphatic heterocycles. The van der Waals surface area contributed by atoms with Gasteiger partial charge in [0.2, 0.25) is 5.91 Å². The van der Waals surface area contributed by atoms with Crippen LogP contribution in [0.25, 0.3) is 0 Å². The minimum atomic E-state index is -1.21. The summed E-state index contributed by atoms with van der Waals surface area (Å²) in [6.07, 6.45) is 0.180. The van der Waals surface area contributed by atoms with E-state index in [0.29, 0.717) is 12.0 Å². The fourth-order valence-electron chi connectivity index (χ4n) is 3.71. The Kier molecular flexibility index (Phi) is 5.97. The Balaban J connectivity index is 2.35. The van der Waals surface area contributed by atoms with Crippen molar-refractivity contribution in [3.8, 4) is 0 Å². The van der Waals surface area contributed by atoms with Crippen LogP contribution in [0.4, 0.5) is 4.39 Å². The summed E-state index contributed by atoms with van der Waals surface area (Å²) in [5.74, 6) is -3.55. The molecular weight excluding hydrogens is 343 g/mol. The highest BCUT2D eigenvalue weighted by Gasteiger charge is 2.56. The number of nitrogens with zero attached hydrogens (tertiary/aromatic N) is 1. The van der Waals surface area contributed by atoms with E-state index in [1.807, 2.05) is 0 Å². The minimum absolute atomic E-state index is 0.0310. The van der Waals surface area contributed by atoms with E-state index in [4.69, 9.17) is 5.11 Å². The standard InChI is InChI=1S/C18H23FN2O5/c1-3-18(17(25)26)10-13(16(24)20-9-8-14(22)23)15(21(18)2)11-4-6-12(19)7-5-11/h4-7,13,15H,3,8-10H2,1-2H3,(H,20,24)(H,22,23)(H,25,26)/t13-,15-,18-/m0/s1. The molecule has 0 spiro atoms. The van der Waals surface area contributed by atoms with Crippen molar-refractivity contribution in [3.05, 3.63) is 35.6 Å². The van der Waals surface area contributed by atoms with Gasteiger partial charge in [-0.05, 0) is 37.6 Å². The molecule has 26 heavy (non-hydrogen) atoms. The van der Waals surface area contributed by atoms with Gasteiger partial charge in [0.25, 0.3) is 0 Å². The van der Waals surface area contributed by atoms with Crippen LogP contribution in [-0.4, -0.2) is 52.1 Å². The summed E-state index contributed by atoms with van der Waals surface area (Å²) in [4.78, 5) is 36.9. The van der Waals surface area contributed by atoms with E-state index in [-0.39, 0.29) is 19.4 Å². The van der Waals surface area contributed by atoms with E-state index >= 15 is 0 Å². The molecule has 3 atom stereocenters. The first kappa shape index (κ1) is 19.8. The third kappa shape index (κ3) is 3.70. The van der Waals surface area contributed by atoms with Gasteiger partial charge in [0.1, 0.15) is 11.4 Å². The molecule has 7 nitrogen and oxygen atoms in total. The van der Waals surface area contributed by atoms with Crippen molar-refractivity contribution in [3.63, 3.8) is 0 Å². The van der Waals surface area contributed by atoms with Gasteiger partial charge in [0.15, 0.2) is 0 Å². The molecule has 0 radical (unpaired) electrons. The number of hydrogen-bond donors (Lipinski definition) is 3. The first-order chi connectivity index (χ1) is 12.2. The number of amides is 1. The van der Waals surface area contributed by atoms with Gasteiger partial charge in [0, 0.05) is 12.6 Å². The third-order valence-electron chi connectivity index (χ3n) is 5.20. The lowest BCUT2D eigenvalue weighted by atomic mass is 9.87. The minimum Gasteiger partial charge on any atom is -0.481 e. The first-order valence-electron chi connectivity index (χ1n) is 8.44. The number of nitrogens with one attached hydrogen (secondary N) is 1. The monoisotopic (exact) mass is 366 g/mol. The van der Waals surface area contributed by atoms with Crippen molar-refractivity contribution in [1.82, 2.24) is 10.2 Å². The molecule has 0 unspecified atom stereocenters. The molecule has 142 valence electrons. The maximum absolute atomic E-state index is 13.3. The van der Waals surface area contributed by atoms with Crippen molar-refractivity contribution in [2.45, 2.75) is 37.8 Å². The van der Waals surface area contributed by atoms with Gasteiger partial charge >= 0.3 is 11.9 Å². The van der Waals surface area contributed by atoms with E-state index in [2.05, 4.69) is 5.32 Å². The van der Waals surface area contributed by atoms with E-state index in [1.54, 1.807) is 31.0 Å². The molecule has 8 heteroatoms. The zero-order chi connectivity index (χ0) is 19.5. The zero-order valence-electron chi connectivity index (χ0n) is 14.7. The van der Waals surface area contributed by atoms with Crippen LogP contribution in [0.5, 0.6) is 0 Å². The molecule has 1 aromatic rings. The van der Waals surface area contributed by atoms with E-state index in [1.165, 1.54) is 12.1 Å². The first-order valence-corrected chi connectivity index (χ1v) is 8.44. The smallest absolute Gasteiger partial charge is 0.324 e. The van der Waals surface area contributed by atoms with E-state index in [0.717, 1.165) is 0 Å². The van der Waals surface area contributed by atoms with Crippen LogP contribution in [0.2, 0.25) is 0 Å². The Morgan fingerprint density at radius 1 is 1.27 bits per heavy atom. The largest absolute Gasteiger partial charge is 0.481 e. The number of aliphatic carboxylic acids is 2. The van der Waals surface area contributed by atoms with Crippen LogP contribution < -0.4 is 5.32 Å². The van der Waals surface area contributed by atoms with E-state index in [9.17, 15) is 23.9 Å². The lowest BCUT2D eigenvalue weighted by Gasteiger charge is -2.34. The summed E-state index contributed by atoms with van der Waals surface area (Å²) in [5, 5.41) is 21.1. The van der Waals surface area contributed by atoms with Crippen LogP contribution in [-0.2, 0) is 14.4 Å². The number of halogens is 1. The molecule has 0 aliphatic carbocycles. The second kappa shape index (κ2) is 7.82. The van der Waals surface area contributed by atoms with Crippen LogP contribution >= 0.6 is 0 Å². The zero-order valence-corrected chi connectivity index (χ0v) is 14.7. The molecule has 1 heterocycles. The number of benzene rings is 1. The van der Waals surface area contributed by atoms with Crippen molar-refractivity contribution in [2.24, 2.45) is 5.92 Å². The summed E-state index contributed by atoms with van der Waals surface area (Å²) >= 11 is 0. The van der Waals surface area contributed by atoms with Crippen molar-refractivity contribution in [2.75, 3.05) is 13.6 Å². The average Bonchev–Trinajstić information content (AvgIpc) is 2.89. The Morgan fingerprint density at radius 3 is 2.38 bits per heavy atom. The molecular formula is C18H23FN2O5. The summed E-state index contributed by atoms with van der Waals surface area (Å²) in [6, 6.07) is 5.09. The van der Waals surface area contributed by atoms with Gasteiger partial charge in [-0.2, -0.15) is 0 Å². The molecule has 1 aliphatic rings. The topological polar surface area (TPSA) is 107 Å². The number of rotatable bonds is 7. The van der Waals surface area contributed by atoms with E-state index < -0.39 is 41.2 Å². The van der Waals surface area contributed by atoms with Gasteiger partial charge in [-0.25, -0.2) is 4.39 Å². The Hall–Kier alpha value is -2.48. The predicted molar refractivity (Wildman–Crippen MR) is 90.9 cm³/mol. The highest BCUT2D eigenvalue weighted by Crippen LogP contribution is 2.47. The fraction of sp³-hybridized carbons (Fsp3) is 0.500. The number of likely N-dealkylation sites (tertiary alicyclic amines) is 1. The number of hydrogen-bond acceptors (Lipinski definition) is 4. The van der Waals surface area contributed by atoms with Crippen LogP contribution in [0.15, 0.2) is 24.3 Å². The highest BCUT2D eigenvalue weighted by molar-refractivity contribution is 5.85. The molecule has 0 saturated carbocycles. The fourth-order valence-corrected chi connectivity index (χ4v) is 3.71. The summed E-state index contributed by atoms with van der Waals surface area (Å²) in [7, 11) is 1.65. The van der Waals surface area contributed by atoms with Crippen LogP contribution in [0, 0.1) is 11.7 Å². The molecule has 0 bridgehead atoms. The Morgan fingerprint density at radius 2 is 1.88 bits per heavy atom. The Bertz CT molecular complexity index is 693. The molecule has 0 aromatic heterocycles. The van der Waals surface area contributed by atoms with Crippen LogP contribution in [0.3, 0.4) is 0 Å². The maximum atomic E-state index is 13.3. The molecule has 3 N–H and O–H groups in total. The quantitative estimate of drug-likeness (QED) is 0.677. The number of carbonyl (C=O) groups is 3. The van der Waals surface area contributed by atoms with Crippen molar-refractivity contribution < 1.29 is 29.0 Å². The summed E-state index contributed by atoms with van der Waals surface area (Å²) in [6.45, 7) is 1.72. The predicted octanol–water partition coefficient (Wildman–Crippen LogP) is 1.64. The second-order valence-corrected chi connectivity index (χ2v) is 6.54. The number of likely N-dealkylation sites (N-methyl/N-ethyl adjacent to an activating group) is 1. The van der Waals surface area contributed by atoms with Crippen molar-refractivity contribution in [1.29, 1.82) is 0 Å². The lowest BCUT2D eigenvalue weighted by Crippen LogP contribution is -2.48. The number of carboxylic acids is 2. The SMILES string of the molecule is CC[C@@]1(C(=O)O)C[C@H](C(=O)NCCC(=O)O)[C@H](c2ccc(F)cc2)N1C. The number of carbonyl (C=O) groups excluding carboxylic acids is 1. The molecule has 1 saturated heterocycles. The Labute approximate surface area is 150 Å². The molecule has 1 amide bonds. The van der Waals surface area contributed by atoms with Crippen molar-refractivity contribution >= 4 is 17.8 Å². The molecule has 1 aromatic carbocycles. The number of carboxylic acid groups (broad SMARTS) is 2. The lowest BCUT2D eigenvalue weighted by molar-refractivity contribution is -0.150. The average molecular weight is 366 g/mol. The van der Waals surface area contributed by atoms with Gasteiger partial charge in [-0.1, -0.05) is 19.1 Å². The van der Waals surface area contributed by atoms with Gasteiger partial charge in [-0.15, -0.1) is 0 Å². The molecule has 1 fully saturated rings. The second-order valence-electron chi connectivity index (χ2n) is 6.54. The summed E-state index contributed by atoms with van der Waals surface area (Å²) < 4.78 is 13.3. The van der Waals surface area contributed by atoms with Gasteiger partial charge in [0.05, 0.1) is 12.3 Å². The van der Waals surface area contributed by atoms with Crippen LogP contribution in [0.1, 0.15) is 37.8 Å². The highest BCUT2D eigenvalue weighted by atomic mass is 19.1. The summed E-state index contributed by atoms with van der Waals surface area (Å²) in [5.41, 5.74) is -0.572. The molecule has 2 rings (SSSR count). The third-order valence-corrected chi connectivity index (χ3v) is 5.20. The van der Waals surface area contributed by atoms with Gasteiger partial charge in [-0.3, -0.25) is 19.3 Å². The normalized spacial score (nSPS) is 25.8.